The average molecular weight is 515 g/mol. The molecular formula is C29H38O4S2. The van der Waals surface area contributed by atoms with Crippen LogP contribution < -0.4 is 0 Å². The maximum atomic E-state index is 13.5. The average Bonchev–Trinajstić information content (AvgIpc) is 3.34. The Hall–Kier alpha value is -1.76. The summed E-state index contributed by atoms with van der Waals surface area (Å²) in [5.74, 6) is 0.0380. The number of carbonyl (C=O) groups is 1. The molecule has 1 aromatic heterocycles. The van der Waals surface area contributed by atoms with E-state index >= 15 is 0 Å². The van der Waals surface area contributed by atoms with Crippen molar-refractivity contribution in [1.82, 2.24) is 0 Å². The molecule has 6 heteroatoms. The molecule has 1 atom stereocenters. The minimum absolute atomic E-state index is 0.0238. The molecule has 35 heavy (non-hydrogen) atoms. The van der Waals surface area contributed by atoms with E-state index < -0.39 is 11.6 Å². The first-order valence-electron chi connectivity index (χ1n) is 12.7. The van der Waals surface area contributed by atoms with Crippen molar-refractivity contribution in [2.24, 2.45) is 5.92 Å². The van der Waals surface area contributed by atoms with Crippen molar-refractivity contribution < 1.29 is 19.7 Å². The molecule has 2 heterocycles. The summed E-state index contributed by atoms with van der Waals surface area (Å²) in [4.78, 5) is 16.0. The minimum Gasteiger partial charge on any atom is -0.511 e. The van der Waals surface area contributed by atoms with E-state index in [9.17, 15) is 15.0 Å². The number of aliphatic hydroxyl groups excluding tert-OH is 2. The van der Waals surface area contributed by atoms with Crippen molar-refractivity contribution in [3.63, 3.8) is 0 Å². The van der Waals surface area contributed by atoms with Gasteiger partial charge < -0.3 is 14.9 Å². The monoisotopic (exact) mass is 514 g/mol. The van der Waals surface area contributed by atoms with E-state index in [0.29, 0.717) is 11.3 Å². The number of esters is 1. The Balaban J connectivity index is 1.66. The Bertz CT molecular complexity index is 1070. The third-order valence-electron chi connectivity index (χ3n) is 7.56. The van der Waals surface area contributed by atoms with Gasteiger partial charge in [0.25, 0.3) is 0 Å². The van der Waals surface area contributed by atoms with Crippen LogP contribution in [0.3, 0.4) is 0 Å². The van der Waals surface area contributed by atoms with Crippen LogP contribution in [0.2, 0.25) is 0 Å². The van der Waals surface area contributed by atoms with E-state index in [-0.39, 0.29) is 23.7 Å². The molecule has 2 aliphatic rings. The van der Waals surface area contributed by atoms with E-state index in [1.165, 1.54) is 23.1 Å². The van der Waals surface area contributed by atoms with Gasteiger partial charge in [-0.15, -0.1) is 11.3 Å². The van der Waals surface area contributed by atoms with Crippen molar-refractivity contribution in [2.45, 2.75) is 102 Å². The predicted molar refractivity (Wildman–Crippen MR) is 144 cm³/mol. The Morgan fingerprint density at radius 1 is 1.20 bits per heavy atom. The number of cyclic esters (lactones) is 1. The molecule has 1 unspecified atom stereocenters. The minimum atomic E-state index is -0.640. The first kappa shape index (κ1) is 26.3. The number of benzene rings is 1. The molecule has 1 fully saturated rings. The number of hydrogen-bond acceptors (Lipinski definition) is 6. The normalized spacial score (nSPS) is 21.9. The van der Waals surface area contributed by atoms with E-state index in [2.05, 4.69) is 38.3 Å². The summed E-state index contributed by atoms with van der Waals surface area (Å²) < 4.78 is 6.35. The lowest BCUT2D eigenvalue weighted by Crippen LogP contribution is -2.47. The highest BCUT2D eigenvalue weighted by Crippen LogP contribution is 2.48. The van der Waals surface area contributed by atoms with Crippen LogP contribution in [0.1, 0.15) is 87.3 Å². The molecule has 0 radical (unpaired) electrons. The van der Waals surface area contributed by atoms with Crippen molar-refractivity contribution in [3.8, 4) is 0 Å². The summed E-state index contributed by atoms with van der Waals surface area (Å²) in [6.07, 6.45) is 7.60. The van der Waals surface area contributed by atoms with Gasteiger partial charge >= 0.3 is 5.97 Å². The molecule has 190 valence electrons. The zero-order valence-corrected chi connectivity index (χ0v) is 23.0. The van der Waals surface area contributed by atoms with Crippen LogP contribution in [0.4, 0.5) is 0 Å². The summed E-state index contributed by atoms with van der Waals surface area (Å²) in [5, 5.41) is 23.2. The zero-order chi connectivity index (χ0) is 25.2. The fourth-order valence-electron chi connectivity index (χ4n) is 5.52. The highest BCUT2D eigenvalue weighted by atomic mass is 32.2. The molecule has 0 saturated heterocycles. The maximum absolute atomic E-state index is 13.5. The van der Waals surface area contributed by atoms with Crippen LogP contribution in [0.15, 0.2) is 45.2 Å². The number of aliphatic hydroxyl groups is 2. The van der Waals surface area contributed by atoms with Crippen molar-refractivity contribution >= 4 is 29.1 Å². The van der Waals surface area contributed by atoms with Gasteiger partial charge in [-0.2, -0.15) is 0 Å². The predicted octanol–water partition coefficient (Wildman–Crippen LogP) is 7.61. The number of thioether (sulfide) groups is 1. The smallest absolute Gasteiger partial charge is 0.349 e. The Morgan fingerprint density at radius 3 is 2.54 bits per heavy atom. The quantitative estimate of drug-likeness (QED) is 0.372. The number of carbonyl (C=O) groups excluding carboxylic acids is 1. The second-order valence-electron chi connectivity index (χ2n) is 11.1. The lowest BCUT2D eigenvalue weighted by molar-refractivity contribution is -0.168. The number of aryl methyl sites for hydroxylation is 2. The third kappa shape index (κ3) is 5.81. The van der Waals surface area contributed by atoms with Crippen molar-refractivity contribution in [2.75, 3.05) is 0 Å². The molecule has 4 nitrogen and oxygen atoms in total. The summed E-state index contributed by atoms with van der Waals surface area (Å²) in [7, 11) is 0. The zero-order valence-electron chi connectivity index (χ0n) is 21.4. The van der Waals surface area contributed by atoms with Gasteiger partial charge in [-0.25, -0.2) is 4.79 Å². The molecule has 1 aromatic carbocycles. The third-order valence-corrected chi connectivity index (χ3v) is 9.66. The van der Waals surface area contributed by atoms with E-state index in [1.54, 1.807) is 11.3 Å². The van der Waals surface area contributed by atoms with Crippen molar-refractivity contribution in [3.05, 3.63) is 61.9 Å². The van der Waals surface area contributed by atoms with Crippen LogP contribution >= 0.6 is 23.1 Å². The fraction of sp³-hybridized carbons (Fsp3) is 0.552. The van der Waals surface area contributed by atoms with E-state index in [4.69, 9.17) is 4.74 Å². The van der Waals surface area contributed by atoms with Gasteiger partial charge in [0.2, 0.25) is 0 Å². The first-order chi connectivity index (χ1) is 16.6. The number of thiophene rings is 1. The number of hydrogen-bond donors (Lipinski definition) is 2. The molecule has 1 saturated carbocycles. The lowest BCUT2D eigenvalue weighted by Gasteiger charge is -2.44. The molecular weight excluding hydrogens is 476 g/mol. The standard InChI is InChI=1S/C29H38O4S2/c1-19-15-25(23(28(2,3)4)16-20(19)18-30)35-26-24(31)17-29(33-27(26)32,21-9-6-5-7-10-21)13-12-22-11-8-14-34-22/h8,11,14-16,21,30-31H,5-7,9-10,12-13,17-18H2,1-4H3. The van der Waals surface area contributed by atoms with Gasteiger partial charge in [0, 0.05) is 16.2 Å². The van der Waals surface area contributed by atoms with Gasteiger partial charge in [0.1, 0.15) is 16.3 Å². The molecule has 2 aromatic rings. The second kappa shape index (κ2) is 10.7. The topological polar surface area (TPSA) is 66.8 Å². The highest BCUT2D eigenvalue weighted by Gasteiger charge is 2.48. The van der Waals surface area contributed by atoms with Crippen molar-refractivity contribution in [1.29, 1.82) is 0 Å². The van der Waals surface area contributed by atoms with Gasteiger partial charge in [0.05, 0.1) is 6.61 Å². The van der Waals surface area contributed by atoms with Gasteiger partial charge in [-0.05, 0) is 78.1 Å². The Labute approximate surface area is 217 Å². The first-order valence-corrected chi connectivity index (χ1v) is 14.4. The Morgan fingerprint density at radius 2 is 1.94 bits per heavy atom. The van der Waals surface area contributed by atoms with Gasteiger partial charge in [-0.1, -0.05) is 63.9 Å². The molecule has 1 aliphatic heterocycles. The summed E-state index contributed by atoms with van der Waals surface area (Å²) >= 11 is 3.04. The largest absolute Gasteiger partial charge is 0.511 e. The second-order valence-corrected chi connectivity index (χ2v) is 13.2. The number of ether oxygens (including phenoxy) is 1. The lowest BCUT2D eigenvalue weighted by atomic mass is 9.72. The molecule has 2 N–H and O–H groups in total. The molecule has 1 aliphatic carbocycles. The summed E-state index contributed by atoms with van der Waals surface area (Å²) in [6.45, 7) is 8.30. The van der Waals surface area contributed by atoms with Gasteiger partial charge in [0.15, 0.2) is 0 Å². The Kier molecular flexibility index (Phi) is 8.04. The molecule has 0 amide bonds. The van der Waals surface area contributed by atoms with Crippen LogP contribution in [0, 0.1) is 12.8 Å². The SMILES string of the molecule is Cc1cc(SC2=C(O)CC(CCc3cccs3)(C3CCCCC3)OC2=O)c(C(C)(C)C)cc1CO. The number of rotatable bonds is 7. The molecule has 4 rings (SSSR count). The maximum Gasteiger partial charge on any atom is 0.349 e. The van der Waals surface area contributed by atoms with E-state index in [0.717, 1.165) is 60.1 Å². The van der Waals surface area contributed by atoms with E-state index in [1.807, 2.05) is 19.1 Å². The van der Waals surface area contributed by atoms with Crippen LogP contribution in [-0.4, -0.2) is 21.8 Å². The highest BCUT2D eigenvalue weighted by molar-refractivity contribution is 8.04. The van der Waals surface area contributed by atoms with Crippen LogP contribution in [0.25, 0.3) is 0 Å². The van der Waals surface area contributed by atoms with Gasteiger partial charge in [-0.3, -0.25) is 0 Å². The van der Waals surface area contributed by atoms with Crippen LogP contribution in [-0.2, 0) is 28.0 Å². The molecule has 0 bridgehead atoms. The van der Waals surface area contributed by atoms with Crippen LogP contribution in [0.5, 0.6) is 0 Å². The molecule has 0 spiro atoms. The summed E-state index contributed by atoms with van der Waals surface area (Å²) in [6, 6.07) is 8.23. The fourth-order valence-corrected chi connectivity index (χ4v) is 7.47. The summed E-state index contributed by atoms with van der Waals surface area (Å²) in [5.41, 5.74) is 2.08.